The Bertz CT molecular complexity index is 456. The highest BCUT2D eigenvalue weighted by molar-refractivity contribution is 6.05. The summed E-state index contributed by atoms with van der Waals surface area (Å²) in [6.45, 7) is 3.09. The van der Waals surface area contributed by atoms with E-state index in [9.17, 15) is 19.8 Å². The van der Waals surface area contributed by atoms with Gasteiger partial charge in [-0.1, -0.05) is 0 Å². The molecule has 2 N–H and O–H groups in total. The summed E-state index contributed by atoms with van der Waals surface area (Å²) in [4.78, 5) is 23.3. The maximum atomic E-state index is 11.9. The van der Waals surface area contributed by atoms with E-state index in [0.717, 1.165) is 0 Å². The van der Waals surface area contributed by atoms with Gasteiger partial charge in [-0.05, 0) is 31.8 Å². The molecule has 0 aromatic carbocycles. The minimum atomic E-state index is -0.629. The van der Waals surface area contributed by atoms with E-state index >= 15 is 0 Å². The molecule has 0 aromatic heterocycles. The molecule has 0 amide bonds. The summed E-state index contributed by atoms with van der Waals surface area (Å²) in [6, 6.07) is 0. The van der Waals surface area contributed by atoms with Crippen LogP contribution in [0.5, 0.6) is 0 Å². The van der Waals surface area contributed by atoms with Crippen LogP contribution in [0.1, 0.15) is 33.1 Å². The number of fused-ring (bicyclic) bond motifs is 1. The standard InChI is InChI=1S/C13H16O4/c1-6-12(7(2)14)10(16)4-8-3-9(15)5-11(17)13(6)8/h8-9,15-16H,3-5H2,1-2H3. The number of aliphatic hydroxyl groups excluding tert-OH is 2. The molecule has 0 saturated heterocycles. The largest absolute Gasteiger partial charge is 0.512 e. The third-order valence-electron chi connectivity index (χ3n) is 3.55. The summed E-state index contributed by atoms with van der Waals surface area (Å²) >= 11 is 0. The van der Waals surface area contributed by atoms with Crippen LogP contribution in [0.25, 0.3) is 0 Å². The topological polar surface area (TPSA) is 74.6 Å². The van der Waals surface area contributed by atoms with Crippen LogP contribution in [0.2, 0.25) is 0 Å². The normalized spacial score (nSPS) is 29.5. The molecule has 2 aliphatic rings. The Morgan fingerprint density at radius 1 is 1.35 bits per heavy atom. The van der Waals surface area contributed by atoms with Crippen molar-refractivity contribution >= 4 is 11.6 Å². The second kappa shape index (κ2) is 4.11. The van der Waals surface area contributed by atoms with E-state index in [1.807, 2.05) is 0 Å². The average Bonchev–Trinajstić information content (AvgIpc) is 2.13. The van der Waals surface area contributed by atoms with Crippen molar-refractivity contribution in [2.45, 2.75) is 39.2 Å². The molecule has 4 nitrogen and oxygen atoms in total. The van der Waals surface area contributed by atoms with Gasteiger partial charge in [-0.3, -0.25) is 9.59 Å². The lowest BCUT2D eigenvalue weighted by atomic mass is 9.72. The molecule has 2 unspecified atom stereocenters. The summed E-state index contributed by atoms with van der Waals surface area (Å²) in [6.07, 6.45) is 0.253. The summed E-state index contributed by atoms with van der Waals surface area (Å²) in [5.74, 6) is -0.414. The number of allylic oxidation sites excluding steroid dienone is 4. The van der Waals surface area contributed by atoms with Gasteiger partial charge in [-0.2, -0.15) is 0 Å². The number of hydrogen-bond acceptors (Lipinski definition) is 4. The van der Waals surface area contributed by atoms with Crippen LogP contribution in [0.4, 0.5) is 0 Å². The predicted molar refractivity (Wildman–Crippen MR) is 61.4 cm³/mol. The van der Waals surface area contributed by atoms with Crippen LogP contribution in [-0.4, -0.2) is 27.9 Å². The van der Waals surface area contributed by atoms with Crippen molar-refractivity contribution in [3.63, 3.8) is 0 Å². The smallest absolute Gasteiger partial charge is 0.163 e. The van der Waals surface area contributed by atoms with Gasteiger partial charge in [0.2, 0.25) is 0 Å². The molecule has 1 fully saturated rings. The fourth-order valence-corrected chi connectivity index (χ4v) is 2.94. The molecule has 0 bridgehead atoms. The quantitative estimate of drug-likeness (QED) is 0.722. The number of carbonyl (C=O) groups is 2. The minimum absolute atomic E-state index is 0.0469. The van der Waals surface area contributed by atoms with Gasteiger partial charge in [0.1, 0.15) is 5.76 Å². The summed E-state index contributed by atoms with van der Waals surface area (Å²) in [5, 5.41) is 19.4. The molecule has 17 heavy (non-hydrogen) atoms. The van der Waals surface area contributed by atoms with Gasteiger partial charge in [0.05, 0.1) is 11.7 Å². The van der Waals surface area contributed by atoms with Crippen LogP contribution < -0.4 is 0 Å². The Labute approximate surface area is 99.6 Å². The molecular formula is C13H16O4. The van der Waals surface area contributed by atoms with Gasteiger partial charge in [-0.25, -0.2) is 0 Å². The van der Waals surface area contributed by atoms with Crippen molar-refractivity contribution < 1.29 is 19.8 Å². The Hall–Kier alpha value is -1.42. The first-order valence-corrected chi connectivity index (χ1v) is 5.77. The molecular weight excluding hydrogens is 220 g/mol. The number of Topliss-reactive ketones (excluding diaryl/α,β-unsaturated/α-hetero) is 2. The molecule has 0 spiro atoms. The van der Waals surface area contributed by atoms with E-state index in [4.69, 9.17) is 0 Å². The molecule has 92 valence electrons. The molecule has 2 atom stereocenters. The van der Waals surface area contributed by atoms with E-state index in [2.05, 4.69) is 0 Å². The fourth-order valence-electron chi connectivity index (χ4n) is 2.94. The second-order valence-corrected chi connectivity index (χ2v) is 4.83. The molecule has 0 heterocycles. The van der Waals surface area contributed by atoms with Gasteiger partial charge in [-0.15, -0.1) is 0 Å². The Balaban J connectivity index is 2.49. The fraction of sp³-hybridized carbons (Fsp3) is 0.538. The molecule has 0 aromatic rings. The molecule has 0 aliphatic heterocycles. The number of aliphatic hydroxyl groups is 2. The van der Waals surface area contributed by atoms with Crippen LogP contribution >= 0.6 is 0 Å². The highest BCUT2D eigenvalue weighted by atomic mass is 16.3. The summed E-state index contributed by atoms with van der Waals surface area (Å²) in [5.41, 5.74) is 1.49. The highest BCUT2D eigenvalue weighted by Gasteiger charge is 2.37. The number of carbonyl (C=O) groups excluding carboxylic acids is 2. The third kappa shape index (κ3) is 1.93. The van der Waals surface area contributed by atoms with Gasteiger partial charge < -0.3 is 10.2 Å². The molecule has 0 radical (unpaired) electrons. The Kier molecular flexibility index (Phi) is 2.91. The van der Waals surface area contributed by atoms with Crippen molar-refractivity contribution in [2.75, 3.05) is 0 Å². The Morgan fingerprint density at radius 3 is 2.59 bits per heavy atom. The van der Waals surface area contributed by atoms with Crippen molar-refractivity contribution in [2.24, 2.45) is 5.92 Å². The number of rotatable bonds is 1. The first-order valence-electron chi connectivity index (χ1n) is 5.77. The first-order chi connectivity index (χ1) is 7.91. The summed E-state index contributed by atoms with van der Waals surface area (Å²) < 4.78 is 0. The van der Waals surface area contributed by atoms with E-state index in [1.165, 1.54) is 6.92 Å². The zero-order valence-corrected chi connectivity index (χ0v) is 9.99. The monoisotopic (exact) mass is 236 g/mol. The average molecular weight is 236 g/mol. The van der Waals surface area contributed by atoms with Crippen molar-refractivity contribution in [3.05, 3.63) is 22.5 Å². The zero-order valence-electron chi connectivity index (χ0n) is 9.99. The van der Waals surface area contributed by atoms with Gasteiger partial charge >= 0.3 is 0 Å². The maximum Gasteiger partial charge on any atom is 0.163 e. The predicted octanol–water partition coefficient (Wildman–Crippen LogP) is 1.45. The SMILES string of the molecule is CC(=O)C1=C(O)CC2CC(O)CC(=O)C2=C1C. The molecule has 2 aliphatic carbocycles. The van der Waals surface area contributed by atoms with Crippen LogP contribution in [0, 0.1) is 5.92 Å². The lowest BCUT2D eigenvalue weighted by molar-refractivity contribution is -0.120. The number of hydrogen-bond donors (Lipinski definition) is 2. The van der Waals surface area contributed by atoms with Gasteiger partial charge in [0, 0.05) is 18.4 Å². The van der Waals surface area contributed by atoms with Gasteiger partial charge in [0.25, 0.3) is 0 Å². The lowest BCUT2D eigenvalue weighted by Crippen LogP contribution is -2.33. The van der Waals surface area contributed by atoms with Crippen molar-refractivity contribution in [1.82, 2.24) is 0 Å². The third-order valence-corrected chi connectivity index (χ3v) is 3.55. The Morgan fingerprint density at radius 2 is 2.00 bits per heavy atom. The van der Waals surface area contributed by atoms with Crippen molar-refractivity contribution in [3.8, 4) is 0 Å². The second-order valence-electron chi connectivity index (χ2n) is 4.83. The first kappa shape index (κ1) is 12.0. The zero-order chi connectivity index (χ0) is 12.7. The van der Waals surface area contributed by atoms with Crippen LogP contribution in [0.3, 0.4) is 0 Å². The van der Waals surface area contributed by atoms with Gasteiger partial charge in [0.15, 0.2) is 11.6 Å². The van der Waals surface area contributed by atoms with Crippen LogP contribution in [-0.2, 0) is 9.59 Å². The van der Waals surface area contributed by atoms with E-state index < -0.39 is 6.10 Å². The number of ketones is 2. The van der Waals surface area contributed by atoms with E-state index in [0.29, 0.717) is 17.6 Å². The molecule has 2 rings (SSSR count). The van der Waals surface area contributed by atoms with Crippen molar-refractivity contribution in [1.29, 1.82) is 0 Å². The highest BCUT2D eigenvalue weighted by Crippen LogP contribution is 2.40. The molecule has 4 heteroatoms. The van der Waals surface area contributed by atoms with Crippen LogP contribution in [0.15, 0.2) is 22.5 Å². The van der Waals surface area contributed by atoms with E-state index in [-0.39, 0.29) is 41.7 Å². The molecule has 1 saturated carbocycles. The minimum Gasteiger partial charge on any atom is -0.512 e. The van der Waals surface area contributed by atoms with E-state index in [1.54, 1.807) is 6.92 Å². The lowest BCUT2D eigenvalue weighted by Gasteiger charge is -2.33. The maximum absolute atomic E-state index is 11.9. The summed E-state index contributed by atoms with van der Waals surface area (Å²) in [7, 11) is 0.